The topological polar surface area (TPSA) is 52.6 Å². The number of hydrogen-bond acceptors (Lipinski definition) is 3. The van der Waals surface area contributed by atoms with E-state index in [2.05, 4.69) is 5.32 Å². The minimum absolute atomic E-state index is 0.215. The molecule has 0 bridgehead atoms. The lowest BCUT2D eigenvalue weighted by molar-refractivity contribution is -0.132. The van der Waals surface area contributed by atoms with Gasteiger partial charge >= 0.3 is 0 Å². The van der Waals surface area contributed by atoms with Crippen molar-refractivity contribution in [1.29, 1.82) is 0 Å². The Kier molecular flexibility index (Phi) is 3.42. The van der Waals surface area contributed by atoms with Gasteiger partial charge in [-0.05, 0) is 55.5 Å². The van der Waals surface area contributed by atoms with E-state index in [1.165, 1.54) is 0 Å². The Morgan fingerprint density at radius 1 is 1.45 bits per heavy atom. The predicted molar refractivity (Wildman–Crippen MR) is 77.2 cm³/mol. The molecule has 0 aromatic heterocycles. The second kappa shape index (κ2) is 5.09. The number of hydrogen-bond donors (Lipinski definition) is 2. The average molecular weight is 274 g/mol. The summed E-state index contributed by atoms with van der Waals surface area (Å²) in [4.78, 5) is 14.3. The number of phenols is 1. The van der Waals surface area contributed by atoms with Crippen molar-refractivity contribution >= 4 is 5.91 Å². The molecule has 2 fully saturated rings. The lowest BCUT2D eigenvalue weighted by Gasteiger charge is -2.25. The van der Waals surface area contributed by atoms with Crippen molar-refractivity contribution in [2.45, 2.75) is 25.8 Å². The first-order valence-electron chi connectivity index (χ1n) is 7.34. The molecule has 1 unspecified atom stereocenters. The molecule has 1 aromatic rings. The van der Waals surface area contributed by atoms with Crippen molar-refractivity contribution in [2.75, 3.05) is 20.1 Å². The highest BCUT2D eigenvalue weighted by molar-refractivity contribution is 5.82. The van der Waals surface area contributed by atoms with Crippen molar-refractivity contribution in [3.05, 3.63) is 29.8 Å². The second-order valence-corrected chi connectivity index (χ2v) is 6.23. The number of nitrogens with one attached hydrogen (secondary N) is 1. The number of benzene rings is 1. The minimum atomic E-state index is 0.215. The zero-order valence-electron chi connectivity index (χ0n) is 11.9. The first kappa shape index (κ1) is 13.4. The first-order chi connectivity index (χ1) is 9.61. The van der Waals surface area contributed by atoms with Crippen molar-refractivity contribution in [1.82, 2.24) is 10.2 Å². The molecule has 20 heavy (non-hydrogen) atoms. The van der Waals surface area contributed by atoms with Gasteiger partial charge in [0.2, 0.25) is 5.91 Å². The van der Waals surface area contributed by atoms with Crippen LogP contribution in [0.25, 0.3) is 0 Å². The summed E-state index contributed by atoms with van der Waals surface area (Å²) < 4.78 is 0. The number of carbonyl (C=O) groups is 1. The van der Waals surface area contributed by atoms with E-state index in [4.69, 9.17) is 0 Å². The molecule has 4 nitrogen and oxygen atoms in total. The molecule has 1 saturated carbocycles. The van der Waals surface area contributed by atoms with Crippen LogP contribution < -0.4 is 5.32 Å². The smallest absolute Gasteiger partial charge is 0.226 e. The molecular formula is C16H22N2O2. The van der Waals surface area contributed by atoms with Gasteiger partial charge in [-0.1, -0.05) is 12.1 Å². The molecule has 1 aliphatic carbocycles. The molecule has 4 heteroatoms. The van der Waals surface area contributed by atoms with E-state index in [1.54, 1.807) is 17.0 Å². The van der Waals surface area contributed by atoms with Gasteiger partial charge in [0.1, 0.15) is 5.75 Å². The van der Waals surface area contributed by atoms with E-state index in [1.807, 2.05) is 19.2 Å². The molecule has 1 spiro atoms. The Morgan fingerprint density at radius 3 is 2.90 bits per heavy atom. The van der Waals surface area contributed by atoms with Crippen LogP contribution in [0.5, 0.6) is 5.75 Å². The summed E-state index contributed by atoms with van der Waals surface area (Å²) in [5, 5.41) is 12.8. The molecule has 3 rings (SSSR count). The van der Waals surface area contributed by atoms with Gasteiger partial charge in [0.25, 0.3) is 0 Å². The van der Waals surface area contributed by atoms with Crippen molar-refractivity contribution in [2.24, 2.45) is 11.3 Å². The van der Waals surface area contributed by atoms with Crippen molar-refractivity contribution < 1.29 is 9.90 Å². The average Bonchev–Trinajstić information content (AvgIpc) is 3.12. The highest BCUT2D eigenvalue weighted by atomic mass is 16.3. The summed E-state index contributed by atoms with van der Waals surface area (Å²) in [6.45, 7) is 2.65. The van der Waals surface area contributed by atoms with E-state index >= 15 is 0 Å². The lowest BCUT2D eigenvalue weighted by atomic mass is 9.91. The third-order valence-electron chi connectivity index (χ3n) is 4.79. The molecule has 108 valence electrons. The van der Waals surface area contributed by atoms with E-state index in [0.29, 0.717) is 6.54 Å². The highest BCUT2D eigenvalue weighted by Crippen LogP contribution is 2.59. The van der Waals surface area contributed by atoms with E-state index in [0.717, 1.165) is 37.9 Å². The van der Waals surface area contributed by atoms with Crippen LogP contribution in [0.2, 0.25) is 0 Å². The summed E-state index contributed by atoms with van der Waals surface area (Å²) >= 11 is 0. The van der Waals surface area contributed by atoms with Crippen LogP contribution in [0.3, 0.4) is 0 Å². The Bertz CT molecular complexity index is 509. The number of amides is 1. The van der Waals surface area contributed by atoms with Gasteiger partial charge in [0.05, 0.1) is 0 Å². The van der Waals surface area contributed by atoms with Gasteiger partial charge in [-0.15, -0.1) is 0 Å². The Balaban J connectivity index is 1.60. The van der Waals surface area contributed by atoms with Gasteiger partial charge < -0.3 is 15.3 Å². The summed E-state index contributed by atoms with van der Waals surface area (Å²) in [5.74, 6) is 0.728. The van der Waals surface area contributed by atoms with Gasteiger partial charge in [-0.25, -0.2) is 0 Å². The van der Waals surface area contributed by atoms with Gasteiger partial charge in [0.15, 0.2) is 0 Å². The van der Waals surface area contributed by atoms with Crippen molar-refractivity contribution in [3.8, 4) is 5.75 Å². The normalized spacial score (nSPS) is 23.6. The SMILES string of the molecule is CN(Cc1cccc(O)c1)C(=O)C1CC12CCNCC2. The number of phenolic OH excluding ortho intramolecular Hbond substituents is 1. The standard InChI is InChI=1S/C16H22N2O2/c1-18(11-12-3-2-4-13(19)9-12)15(20)14-10-16(14)5-7-17-8-6-16/h2-4,9,14,17,19H,5-8,10-11H2,1H3. The number of rotatable bonds is 3. The molecule has 1 amide bonds. The maximum absolute atomic E-state index is 12.5. The van der Waals surface area contributed by atoms with E-state index < -0.39 is 0 Å². The number of piperidine rings is 1. The largest absolute Gasteiger partial charge is 0.508 e. The second-order valence-electron chi connectivity index (χ2n) is 6.23. The molecule has 1 heterocycles. The van der Waals surface area contributed by atoms with Crippen LogP contribution in [-0.2, 0) is 11.3 Å². The van der Waals surface area contributed by atoms with Crippen LogP contribution in [0, 0.1) is 11.3 Å². The molecular weight excluding hydrogens is 252 g/mol. The molecule has 0 radical (unpaired) electrons. The Morgan fingerprint density at radius 2 is 2.20 bits per heavy atom. The Labute approximate surface area is 119 Å². The fraction of sp³-hybridized carbons (Fsp3) is 0.562. The van der Waals surface area contributed by atoms with E-state index in [9.17, 15) is 9.90 Å². The minimum Gasteiger partial charge on any atom is -0.508 e. The maximum Gasteiger partial charge on any atom is 0.226 e. The predicted octanol–water partition coefficient (Wildman–Crippen LogP) is 1.74. The summed E-state index contributed by atoms with van der Waals surface area (Å²) in [6.07, 6.45) is 3.31. The van der Waals surface area contributed by atoms with Gasteiger partial charge in [0, 0.05) is 19.5 Å². The fourth-order valence-electron chi connectivity index (χ4n) is 3.45. The van der Waals surface area contributed by atoms with Crippen LogP contribution in [0.1, 0.15) is 24.8 Å². The summed E-state index contributed by atoms with van der Waals surface area (Å²) in [5.41, 5.74) is 1.26. The van der Waals surface area contributed by atoms with E-state index in [-0.39, 0.29) is 23.0 Å². The Hall–Kier alpha value is -1.55. The van der Waals surface area contributed by atoms with Crippen LogP contribution >= 0.6 is 0 Å². The monoisotopic (exact) mass is 274 g/mol. The third kappa shape index (κ3) is 2.52. The van der Waals surface area contributed by atoms with Gasteiger partial charge in [-0.2, -0.15) is 0 Å². The zero-order chi connectivity index (χ0) is 14.2. The molecule has 2 aliphatic rings. The quantitative estimate of drug-likeness (QED) is 0.883. The summed E-state index contributed by atoms with van der Waals surface area (Å²) in [7, 11) is 1.86. The molecule has 2 N–H and O–H groups in total. The fourth-order valence-corrected chi connectivity index (χ4v) is 3.45. The molecule has 1 aromatic carbocycles. The zero-order valence-corrected chi connectivity index (χ0v) is 11.9. The van der Waals surface area contributed by atoms with Crippen molar-refractivity contribution in [3.63, 3.8) is 0 Å². The lowest BCUT2D eigenvalue weighted by Crippen LogP contribution is -2.34. The molecule has 1 atom stereocenters. The third-order valence-corrected chi connectivity index (χ3v) is 4.79. The van der Waals surface area contributed by atoms with Crippen LogP contribution in [-0.4, -0.2) is 36.1 Å². The van der Waals surface area contributed by atoms with Crippen LogP contribution in [0.15, 0.2) is 24.3 Å². The summed E-state index contributed by atoms with van der Waals surface area (Å²) in [6, 6.07) is 7.12. The highest BCUT2D eigenvalue weighted by Gasteiger charge is 2.58. The first-order valence-corrected chi connectivity index (χ1v) is 7.34. The molecule has 1 aliphatic heterocycles. The number of aromatic hydroxyl groups is 1. The number of carbonyl (C=O) groups excluding carboxylic acids is 1. The number of nitrogens with zero attached hydrogens (tertiary/aromatic N) is 1. The maximum atomic E-state index is 12.5. The van der Waals surface area contributed by atoms with Crippen LogP contribution in [0.4, 0.5) is 0 Å². The molecule has 1 saturated heterocycles. The van der Waals surface area contributed by atoms with Gasteiger partial charge in [-0.3, -0.25) is 4.79 Å².